The largest absolute Gasteiger partial charge is 0.497 e. The molecule has 0 N–H and O–H groups in total. The third-order valence-corrected chi connectivity index (χ3v) is 8.39. The van der Waals surface area contributed by atoms with Gasteiger partial charge in [0.1, 0.15) is 23.9 Å². The molecule has 2 fully saturated rings. The monoisotopic (exact) mass is 511 g/mol. The lowest BCUT2D eigenvalue weighted by Gasteiger charge is -2.37. The number of ether oxygens (including phenoxy) is 3. The normalized spacial score (nSPS) is 21.5. The molecule has 3 aliphatic rings. The predicted molar refractivity (Wildman–Crippen MR) is 145 cm³/mol. The molecule has 0 aromatic heterocycles. The fourth-order valence-corrected chi connectivity index (χ4v) is 6.57. The van der Waals surface area contributed by atoms with E-state index in [1.807, 2.05) is 41.3 Å². The smallest absolute Gasteiger partial charge is 0.410 e. The number of ketones is 1. The van der Waals surface area contributed by atoms with Crippen LogP contribution in [0.25, 0.3) is 11.1 Å². The van der Waals surface area contributed by atoms with Crippen LogP contribution < -0.4 is 9.47 Å². The van der Waals surface area contributed by atoms with Crippen LogP contribution in [0.15, 0.2) is 72.8 Å². The molecule has 1 amide bonds. The highest BCUT2D eigenvalue weighted by Gasteiger charge is 2.46. The Bertz CT molecular complexity index is 1280. The van der Waals surface area contributed by atoms with Crippen LogP contribution in [0.2, 0.25) is 0 Å². The number of rotatable bonds is 8. The van der Waals surface area contributed by atoms with E-state index in [0.29, 0.717) is 38.2 Å². The van der Waals surface area contributed by atoms with Crippen LogP contribution in [0.1, 0.15) is 49.1 Å². The zero-order valence-electron chi connectivity index (χ0n) is 21.7. The van der Waals surface area contributed by atoms with Crippen molar-refractivity contribution in [2.75, 3.05) is 20.3 Å². The van der Waals surface area contributed by atoms with Crippen LogP contribution in [-0.4, -0.2) is 49.2 Å². The first-order valence-electron chi connectivity index (χ1n) is 13.5. The van der Waals surface area contributed by atoms with E-state index in [9.17, 15) is 9.59 Å². The lowest BCUT2D eigenvalue weighted by atomic mass is 9.86. The standard InChI is InChI=1S/C32H33NO5/c1-36-24-7-6-8-25(19-24)37-16-15-31(34)21-17-22-13-14-23(18-21)33(22)32(35)38-20-30-28-11-4-2-9-26(28)27-10-3-5-12-29(27)30/h2-12,19,21-23,30H,13-18,20H2,1H3. The molecule has 2 bridgehead atoms. The Morgan fingerprint density at radius 3 is 2.13 bits per heavy atom. The first kappa shape index (κ1) is 24.5. The summed E-state index contributed by atoms with van der Waals surface area (Å²) >= 11 is 0. The van der Waals surface area contributed by atoms with Crippen molar-refractivity contribution < 1.29 is 23.8 Å². The summed E-state index contributed by atoms with van der Waals surface area (Å²) in [6.07, 6.45) is 3.40. The second kappa shape index (κ2) is 10.5. The minimum absolute atomic E-state index is 0.0287. The van der Waals surface area contributed by atoms with E-state index in [1.54, 1.807) is 7.11 Å². The van der Waals surface area contributed by atoms with Gasteiger partial charge in [-0.1, -0.05) is 54.6 Å². The number of hydrogen-bond acceptors (Lipinski definition) is 5. The summed E-state index contributed by atoms with van der Waals surface area (Å²) < 4.78 is 17.0. The van der Waals surface area contributed by atoms with Gasteiger partial charge in [-0.15, -0.1) is 0 Å². The van der Waals surface area contributed by atoms with E-state index in [2.05, 4.69) is 36.4 Å². The molecule has 196 valence electrons. The third-order valence-electron chi connectivity index (χ3n) is 8.39. The van der Waals surface area contributed by atoms with Crippen LogP contribution >= 0.6 is 0 Å². The van der Waals surface area contributed by atoms with E-state index in [1.165, 1.54) is 22.3 Å². The van der Waals surface area contributed by atoms with Gasteiger partial charge in [-0.05, 0) is 60.1 Å². The lowest BCUT2D eigenvalue weighted by molar-refractivity contribution is -0.125. The van der Waals surface area contributed by atoms with Crippen molar-refractivity contribution in [3.05, 3.63) is 83.9 Å². The first-order chi connectivity index (χ1) is 18.6. The van der Waals surface area contributed by atoms with Gasteiger partial charge in [0.15, 0.2) is 0 Å². The average Bonchev–Trinajstić information content (AvgIpc) is 3.42. The number of hydrogen-bond donors (Lipinski definition) is 0. The average molecular weight is 512 g/mol. The Morgan fingerprint density at radius 2 is 1.47 bits per heavy atom. The summed E-state index contributed by atoms with van der Waals surface area (Å²) in [5, 5.41) is 0. The van der Waals surface area contributed by atoms with Crippen LogP contribution in [0.3, 0.4) is 0 Å². The first-order valence-corrected chi connectivity index (χ1v) is 13.5. The van der Waals surface area contributed by atoms with Gasteiger partial charge in [-0.2, -0.15) is 0 Å². The fourth-order valence-electron chi connectivity index (χ4n) is 6.57. The van der Waals surface area contributed by atoms with E-state index in [0.717, 1.165) is 18.6 Å². The van der Waals surface area contributed by atoms with Gasteiger partial charge in [0.2, 0.25) is 0 Å². The quantitative estimate of drug-likeness (QED) is 0.359. The van der Waals surface area contributed by atoms with Crippen molar-refractivity contribution in [1.29, 1.82) is 0 Å². The Labute approximate surface area is 223 Å². The molecule has 6 rings (SSSR count). The summed E-state index contributed by atoms with van der Waals surface area (Å²) in [5.74, 6) is 1.66. The molecule has 2 heterocycles. The van der Waals surface area contributed by atoms with Gasteiger partial charge in [-0.3, -0.25) is 4.79 Å². The van der Waals surface area contributed by atoms with Crippen molar-refractivity contribution in [1.82, 2.24) is 4.90 Å². The number of benzene rings is 3. The zero-order valence-corrected chi connectivity index (χ0v) is 21.7. The maximum Gasteiger partial charge on any atom is 0.410 e. The molecule has 0 spiro atoms. The summed E-state index contributed by atoms with van der Waals surface area (Å²) in [6, 6.07) is 24.3. The van der Waals surface area contributed by atoms with Crippen molar-refractivity contribution in [2.45, 2.75) is 50.1 Å². The van der Waals surface area contributed by atoms with Gasteiger partial charge in [0.25, 0.3) is 0 Å². The maximum atomic E-state index is 13.3. The van der Waals surface area contributed by atoms with Gasteiger partial charge < -0.3 is 19.1 Å². The van der Waals surface area contributed by atoms with Crippen molar-refractivity contribution in [2.24, 2.45) is 5.92 Å². The van der Waals surface area contributed by atoms with Gasteiger partial charge in [0.05, 0.1) is 13.7 Å². The third kappa shape index (κ3) is 4.64. The van der Waals surface area contributed by atoms with E-state index >= 15 is 0 Å². The molecule has 2 atom stereocenters. The zero-order chi connectivity index (χ0) is 26.1. The summed E-state index contributed by atoms with van der Waals surface area (Å²) in [4.78, 5) is 28.2. The molecule has 1 aliphatic carbocycles. The molecule has 3 aromatic rings. The van der Waals surface area contributed by atoms with Crippen LogP contribution in [0.5, 0.6) is 11.5 Å². The van der Waals surface area contributed by atoms with Crippen LogP contribution in [0.4, 0.5) is 4.79 Å². The molecule has 2 saturated heterocycles. The number of amides is 1. The molecule has 3 aromatic carbocycles. The molecule has 0 saturated carbocycles. The summed E-state index contributed by atoms with van der Waals surface area (Å²) in [5.41, 5.74) is 4.87. The summed E-state index contributed by atoms with van der Waals surface area (Å²) in [7, 11) is 1.62. The minimum atomic E-state index is -0.244. The van der Waals surface area contributed by atoms with Gasteiger partial charge in [0, 0.05) is 36.4 Å². The highest BCUT2D eigenvalue weighted by Crippen LogP contribution is 2.45. The molecule has 6 heteroatoms. The second-order valence-corrected chi connectivity index (χ2v) is 10.5. The van der Waals surface area contributed by atoms with E-state index in [-0.39, 0.29) is 35.8 Å². The highest BCUT2D eigenvalue weighted by atomic mass is 16.6. The lowest BCUT2D eigenvalue weighted by Crippen LogP contribution is -2.48. The van der Waals surface area contributed by atoms with Crippen LogP contribution in [0, 0.1) is 5.92 Å². The molecule has 38 heavy (non-hydrogen) atoms. The maximum absolute atomic E-state index is 13.3. The molecular weight excluding hydrogens is 478 g/mol. The number of carbonyl (C=O) groups excluding carboxylic acids is 2. The van der Waals surface area contributed by atoms with Crippen molar-refractivity contribution in [3.63, 3.8) is 0 Å². The topological polar surface area (TPSA) is 65.1 Å². The SMILES string of the molecule is COc1cccc(OCCC(=O)C2CC3CCC(C2)N3C(=O)OCC2c3ccccc3-c3ccccc32)c1. The van der Waals surface area contributed by atoms with Crippen LogP contribution in [-0.2, 0) is 9.53 Å². The number of Topliss-reactive ketones (excluding diaryl/α,β-unsaturated/α-hetero) is 1. The molecule has 2 aliphatic heterocycles. The Balaban J connectivity index is 1.04. The second-order valence-electron chi connectivity index (χ2n) is 10.5. The van der Waals surface area contributed by atoms with E-state index in [4.69, 9.17) is 14.2 Å². The number of methoxy groups -OCH3 is 1. The number of fused-ring (bicyclic) bond motifs is 5. The molecule has 6 nitrogen and oxygen atoms in total. The Morgan fingerprint density at radius 1 is 0.842 bits per heavy atom. The van der Waals surface area contributed by atoms with Crippen molar-refractivity contribution in [3.8, 4) is 22.6 Å². The summed E-state index contributed by atoms with van der Waals surface area (Å²) in [6.45, 7) is 0.667. The molecule has 2 unspecified atom stereocenters. The Hall–Kier alpha value is -3.80. The Kier molecular flexibility index (Phi) is 6.79. The number of carbonyl (C=O) groups is 2. The minimum Gasteiger partial charge on any atom is -0.497 e. The molecule has 0 radical (unpaired) electrons. The fraction of sp³-hybridized carbons (Fsp3) is 0.375. The molecular formula is C32H33NO5. The predicted octanol–water partition coefficient (Wildman–Crippen LogP) is 6.23. The highest BCUT2D eigenvalue weighted by molar-refractivity contribution is 5.82. The van der Waals surface area contributed by atoms with Gasteiger partial charge in [-0.25, -0.2) is 4.79 Å². The van der Waals surface area contributed by atoms with Crippen molar-refractivity contribution >= 4 is 11.9 Å². The van der Waals surface area contributed by atoms with E-state index < -0.39 is 0 Å². The number of nitrogens with zero attached hydrogens (tertiary/aromatic N) is 1. The van der Waals surface area contributed by atoms with Gasteiger partial charge >= 0.3 is 6.09 Å². The number of piperidine rings is 1.